The van der Waals surface area contributed by atoms with Crippen LogP contribution in [0.15, 0.2) is 30.3 Å². The van der Waals surface area contributed by atoms with E-state index in [1.54, 1.807) is 0 Å². The maximum atomic E-state index is 5.84. The SMILES string of the molecule is CCOc1ccc(CCNC2NCCc3cc(OCC)c(OCC)cc32)cc1OCC. The van der Waals surface area contributed by atoms with Gasteiger partial charge in [-0.2, -0.15) is 0 Å². The van der Waals surface area contributed by atoms with Crippen molar-refractivity contribution in [2.45, 2.75) is 46.7 Å². The Kier molecular flexibility index (Phi) is 8.85. The third-order valence-electron chi connectivity index (χ3n) is 5.23. The first-order chi connectivity index (χ1) is 15.2. The Hall–Kier alpha value is -2.44. The van der Waals surface area contributed by atoms with Crippen molar-refractivity contribution in [1.82, 2.24) is 10.6 Å². The first-order valence-electron chi connectivity index (χ1n) is 11.5. The monoisotopic (exact) mass is 428 g/mol. The lowest BCUT2D eigenvalue weighted by molar-refractivity contribution is 0.285. The molecule has 0 saturated carbocycles. The number of hydrogen-bond acceptors (Lipinski definition) is 6. The van der Waals surface area contributed by atoms with Crippen LogP contribution in [0.3, 0.4) is 0 Å². The summed E-state index contributed by atoms with van der Waals surface area (Å²) in [6, 6.07) is 10.5. The minimum atomic E-state index is 0.0905. The molecule has 0 amide bonds. The van der Waals surface area contributed by atoms with Crippen molar-refractivity contribution in [3.05, 3.63) is 47.0 Å². The molecular weight excluding hydrogens is 392 g/mol. The Labute approximate surface area is 186 Å². The highest BCUT2D eigenvalue weighted by Gasteiger charge is 2.22. The number of ether oxygens (including phenoxy) is 4. The molecule has 3 rings (SSSR count). The molecule has 170 valence electrons. The van der Waals surface area contributed by atoms with Crippen LogP contribution in [0.2, 0.25) is 0 Å². The quantitative estimate of drug-likeness (QED) is 0.527. The molecule has 1 heterocycles. The summed E-state index contributed by atoms with van der Waals surface area (Å²) in [6.07, 6.45) is 1.97. The van der Waals surface area contributed by atoms with Crippen molar-refractivity contribution in [2.75, 3.05) is 39.5 Å². The van der Waals surface area contributed by atoms with E-state index in [-0.39, 0.29) is 6.17 Å². The minimum Gasteiger partial charge on any atom is -0.490 e. The zero-order chi connectivity index (χ0) is 22.1. The molecule has 1 aliphatic heterocycles. The van der Waals surface area contributed by atoms with Gasteiger partial charge in [-0.3, -0.25) is 10.6 Å². The Morgan fingerprint density at radius 2 is 1.42 bits per heavy atom. The van der Waals surface area contributed by atoms with Crippen LogP contribution in [-0.4, -0.2) is 39.5 Å². The van der Waals surface area contributed by atoms with E-state index in [0.29, 0.717) is 26.4 Å². The zero-order valence-corrected chi connectivity index (χ0v) is 19.3. The Morgan fingerprint density at radius 1 is 0.806 bits per heavy atom. The van der Waals surface area contributed by atoms with Gasteiger partial charge < -0.3 is 18.9 Å². The van der Waals surface area contributed by atoms with E-state index < -0.39 is 0 Å². The molecular formula is C25H36N2O4. The van der Waals surface area contributed by atoms with Crippen LogP contribution in [-0.2, 0) is 12.8 Å². The number of rotatable bonds is 12. The number of benzene rings is 2. The fourth-order valence-electron chi connectivity index (χ4n) is 3.89. The average molecular weight is 429 g/mol. The lowest BCUT2D eigenvalue weighted by atomic mass is 9.97. The first-order valence-corrected chi connectivity index (χ1v) is 11.5. The van der Waals surface area contributed by atoms with Gasteiger partial charge in [0.2, 0.25) is 0 Å². The normalized spacial score (nSPS) is 15.3. The molecule has 2 aromatic carbocycles. The van der Waals surface area contributed by atoms with Crippen molar-refractivity contribution in [3.8, 4) is 23.0 Å². The maximum absolute atomic E-state index is 5.84. The summed E-state index contributed by atoms with van der Waals surface area (Å²) in [6.45, 7) is 12.2. The van der Waals surface area contributed by atoms with Gasteiger partial charge >= 0.3 is 0 Å². The van der Waals surface area contributed by atoms with Gasteiger partial charge in [0.1, 0.15) is 0 Å². The van der Waals surface area contributed by atoms with Crippen molar-refractivity contribution in [3.63, 3.8) is 0 Å². The van der Waals surface area contributed by atoms with Gasteiger partial charge in [-0.15, -0.1) is 0 Å². The molecule has 0 aromatic heterocycles. The second kappa shape index (κ2) is 11.8. The van der Waals surface area contributed by atoms with Gasteiger partial charge in [0, 0.05) is 13.1 Å². The standard InChI is InChI=1S/C25H36N2O4/c1-5-28-21-10-9-18(15-22(21)29-6-2)11-13-26-25-20-17-24(31-8-4)23(30-7-3)16-19(20)12-14-27-25/h9-10,15-17,25-27H,5-8,11-14H2,1-4H3. The van der Waals surface area contributed by atoms with E-state index in [1.165, 1.54) is 16.7 Å². The maximum Gasteiger partial charge on any atom is 0.161 e. The molecule has 1 aliphatic rings. The van der Waals surface area contributed by atoms with Gasteiger partial charge in [0.15, 0.2) is 23.0 Å². The molecule has 0 fully saturated rings. The highest BCUT2D eigenvalue weighted by atomic mass is 16.5. The molecule has 2 aromatic rings. The van der Waals surface area contributed by atoms with Gasteiger partial charge in [0.05, 0.1) is 32.6 Å². The number of nitrogens with one attached hydrogen (secondary N) is 2. The van der Waals surface area contributed by atoms with E-state index in [4.69, 9.17) is 18.9 Å². The van der Waals surface area contributed by atoms with E-state index in [0.717, 1.165) is 48.9 Å². The summed E-state index contributed by atoms with van der Waals surface area (Å²) in [5.41, 5.74) is 3.76. The summed E-state index contributed by atoms with van der Waals surface area (Å²) in [5, 5.41) is 7.25. The number of hydrogen-bond donors (Lipinski definition) is 2. The number of fused-ring (bicyclic) bond motifs is 1. The predicted octanol–water partition coefficient (Wildman–Crippen LogP) is 4.26. The van der Waals surface area contributed by atoms with Crippen molar-refractivity contribution in [2.24, 2.45) is 0 Å². The highest BCUT2D eigenvalue weighted by molar-refractivity contribution is 5.49. The lowest BCUT2D eigenvalue weighted by Gasteiger charge is -2.29. The minimum absolute atomic E-state index is 0.0905. The van der Waals surface area contributed by atoms with Crippen LogP contribution < -0.4 is 29.6 Å². The summed E-state index contributed by atoms with van der Waals surface area (Å²) in [5.74, 6) is 3.26. The van der Waals surface area contributed by atoms with Crippen molar-refractivity contribution in [1.29, 1.82) is 0 Å². The molecule has 0 bridgehead atoms. The third kappa shape index (κ3) is 6.05. The van der Waals surface area contributed by atoms with Crippen LogP contribution in [0.4, 0.5) is 0 Å². The van der Waals surface area contributed by atoms with Gasteiger partial charge in [-0.05, 0) is 81.5 Å². The zero-order valence-electron chi connectivity index (χ0n) is 19.3. The van der Waals surface area contributed by atoms with E-state index in [1.807, 2.05) is 33.8 Å². The Morgan fingerprint density at radius 3 is 2.10 bits per heavy atom. The predicted molar refractivity (Wildman–Crippen MR) is 124 cm³/mol. The van der Waals surface area contributed by atoms with E-state index in [2.05, 4.69) is 34.9 Å². The van der Waals surface area contributed by atoms with Crippen LogP contribution >= 0.6 is 0 Å². The Bertz CT molecular complexity index is 841. The second-order valence-corrected chi connectivity index (χ2v) is 7.35. The van der Waals surface area contributed by atoms with Crippen molar-refractivity contribution >= 4 is 0 Å². The van der Waals surface area contributed by atoms with E-state index in [9.17, 15) is 0 Å². The fraction of sp³-hybridized carbons (Fsp3) is 0.520. The van der Waals surface area contributed by atoms with Crippen LogP contribution in [0, 0.1) is 0 Å². The summed E-state index contributed by atoms with van der Waals surface area (Å²) >= 11 is 0. The summed E-state index contributed by atoms with van der Waals surface area (Å²) < 4.78 is 23.1. The highest BCUT2D eigenvalue weighted by Crippen LogP contribution is 2.35. The second-order valence-electron chi connectivity index (χ2n) is 7.35. The fourth-order valence-corrected chi connectivity index (χ4v) is 3.89. The van der Waals surface area contributed by atoms with Gasteiger partial charge in [0.25, 0.3) is 0 Å². The molecule has 0 radical (unpaired) electrons. The molecule has 6 heteroatoms. The van der Waals surface area contributed by atoms with Crippen LogP contribution in [0.5, 0.6) is 23.0 Å². The molecule has 1 atom stereocenters. The topological polar surface area (TPSA) is 61.0 Å². The van der Waals surface area contributed by atoms with Gasteiger partial charge in [-0.1, -0.05) is 6.07 Å². The Balaban J connectivity index is 1.68. The van der Waals surface area contributed by atoms with E-state index >= 15 is 0 Å². The molecule has 6 nitrogen and oxygen atoms in total. The smallest absolute Gasteiger partial charge is 0.161 e. The average Bonchev–Trinajstić information content (AvgIpc) is 2.77. The van der Waals surface area contributed by atoms with Crippen LogP contribution in [0.1, 0.15) is 50.6 Å². The molecule has 2 N–H and O–H groups in total. The molecule has 0 saturated heterocycles. The lowest BCUT2D eigenvalue weighted by Crippen LogP contribution is -2.40. The molecule has 31 heavy (non-hydrogen) atoms. The van der Waals surface area contributed by atoms with Crippen LogP contribution in [0.25, 0.3) is 0 Å². The van der Waals surface area contributed by atoms with Crippen molar-refractivity contribution < 1.29 is 18.9 Å². The first kappa shape index (κ1) is 23.2. The molecule has 0 spiro atoms. The van der Waals surface area contributed by atoms with Gasteiger partial charge in [-0.25, -0.2) is 0 Å². The third-order valence-corrected chi connectivity index (χ3v) is 5.23. The summed E-state index contributed by atoms with van der Waals surface area (Å²) in [7, 11) is 0. The largest absolute Gasteiger partial charge is 0.490 e. The molecule has 1 unspecified atom stereocenters. The molecule has 0 aliphatic carbocycles. The summed E-state index contributed by atoms with van der Waals surface area (Å²) in [4.78, 5) is 0.